The summed E-state index contributed by atoms with van der Waals surface area (Å²) in [5.74, 6) is 0. The van der Waals surface area contributed by atoms with Crippen LogP contribution >= 0.6 is 0 Å². The van der Waals surface area contributed by atoms with Crippen LogP contribution in [0.1, 0.15) is 17.5 Å². The Labute approximate surface area is 128 Å². The molecule has 0 bridgehead atoms. The third kappa shape index (κ3) is 4.98. The molecule has 0 amide bonds. The lowest BCUT2D eigenvalue weighted by atomic mass is 10.2. The van der Waals surface area contributed by atoms with Crippen molar-refractivity contribution < 1.29 is 13.2 Å². The standard InChI is InChI=1S/C17H19F3N2/c1-13-5-2-7-15(11-13)21-9-4-10-22-16-8-3-6-14(12-16)17(18,19)20/h2-3,5-8,11-12,21-22H,4,9-10H2,1H3. The Kier molecular flexibility index (Phi) is 5.31. The molecule has 2 nitrogen and oxygen atoms in total. The van der Waals surface area contributed by atoms with E-state index in [0.29, 0.717) is 12.2 Å². The second-order valence-electron chi connectivity index (χ2n) is 5.16. The highest BCUT2D eigenvalue weighted by Gasteiger charge is 2.30. The second kappa shape index (κ2) is 7.20. The van der Waals surface area contributed by atoms with Gasteiger partial charge in [-0.1, -0.05) is 18.2 Å². The van der Waals surface area contributed by atoms with Gasteiger partial charge in [-0.05, 0) is 49.2 Å². The monoisotopic (exact) mass is 308 g/mol. The van der Waals surface area contributed by atoms with Crippen molar-refractivity contribution >= 4 is 11.4 Å². The van der Waals surface area contributed by atoms with E-state index >= 15 is 0 Å². The summed E-state index contributed by atoms with van der Waals surface area (Å²) in [6.45, 7) is 3.40. The van der Waals surface area contributed by atoms with Crippen molar-refractivity contribution in [2.75, 3.05) is 23.7 Å². The van der Waals surface area contributed by atoms with Crippen LogP contribution in [0.15, 0.2) is 48.5 Å². The predicted molar refractivity (Wildman–Crippen MR) is 84.2 cm³/mol. The maximum Gasteiger partial charge on any atom is 0.416 e. The summed E-state index contributed by atoms with van der Waals surface area (Å²) in [6, 6.07) is 13.3. The highest BCUT2D eigenvalue weighted by molar-refractivity contribution is 5.47. The first kappa shape index (κ1) is 16.2. The third-order valence-corrected chi connectivity index (χ3v) is 3.22. The largest absolute Gasteiger partial charge is 0.416 e. The Morgan fingerprint density at radius 3 is 2.05 bits per heavy atom. The lowest BCUT2D eigenvalue weighted by Gasteiger charge is -2.11. The number of anilines is 2. The normalized spacial score (nSPS) is 11.3. The van der Waals surface area contributed by atoms with Gasteiger partial charge in [-0.2, -0.15) is 13.2 Å². The summed E-state index contributed by atoms with van der Waals surface area (Å²) in [5, 5.41) is 6.30. The third-order valence-electron chi connectivity index (χ3n) is 3.22. The summed E-state index contributed by atoms with van der Waals surface area (Å²) in [6.07, 6.45) is -3.49. The Morgan fingerprint density at radius 1 is 0.864 bits per heavy atom. The summed E-state index contributed by atoms with van der Waals surface area (Å²) < 4.78 is 37.8. The van der Waals surface area contributed by atoms with Gasteiger partial charge in [0.1, 0.15) is 0 Å². The Bertz CT molecular complexity index is 609. The lowest BCUT2D eigenvalue weighted by molar-refractivity contribution is -0.137. The average Bonchev–Trinajstić information content (AvgIpc) is 2.46. The Balaban J connectivity index is 1.75. The molecule has 0 aliphatic rings. The molecule has 5 heteroatoms. The molecule has 0 radical (unpaired) electrons. The average molecular weight is 308 g/mol. The maximum absolute atomic E-state index is 12.6. The summed E-state index contributed by atoms with van der Waals surface area (Å²) >= 11 is 0. The van der Waals surface area contributed by atoms with Gasteiger partial charge in [0.2, 0.25) is 0 Å². The van der Waals surface area contributed by atoms with E-state index in [1.165, 1.54) is 11.6 Å². The van der Waals surface area contributed by atoms with Crippen LogP contribution in [-0.2, 0) is 6.18 Å². The van der Waals surface area contributed by atoms with Crippen LogP contribution in [-0.4, -0.2) is 13.1 Å². The summed E-state index contributed by atoms with van der Waals surface area (Å²) in [7, 11) is 0. The van der Waals surface area contributed by atoms with E-state index in [1.807, 2.05) is 25.1 Å². The molecular formula is C17H19F3N2. The quantitative estimate of drug-likeness (QED) is 0.740. The second-order valence-corrected chi connectivity index (χ2v) is 5.16. The van der Waals surface area contributed by atoms with E-state index in [2.05, 4.69) is 16.7 Å². The zero-order valence-electron chi connectivity index (χ0n) is 12.4. The first-order valence-electron chi connectivity index (χ1n) is 7.17. The van der Waals surface area contributed by atoms with Gasteiger partial charge in [0.25, 0.3) is 0 Å². The minimum Gasteiger partial charge on any atom is -0.385 e. The molecule has 0 saturated heterocycles. The number of alkyl halides is 3. The van der Waals surface area contributed by atoms with Crippen molar-refractivity contribution in [3.63, 3.8) is 0 Å². The first-order chi connectivity index (χ1) is 10.4. The molecule has 0 unspecified atom stereocenters. The molecule has 0 atom stereocenters. The molecule has 2 rings (SSSR count). The molecule has 2 aromatic rings. The zero-order valence-corrected chi connectivity index (χ0v) is 12.4. The number of hydrogen-bond donors (Lipinski definition) is 2. The number of halogens is 3. The van der Waals surface area contributed by atoms with Crippen molar-refractivity contribution in [2.45, 2.75) is 19.5 Å². The van der Waals surface area contributed by atoms with Crippen LogP contribution in [0.25, 0.3) is 0 Å². The SMILES string of the molecule is Cc1cccc(NCCCNc2cccc(C(F)(F)F)c2)c1. The van der Waals surface area contributed by atoms with Crippen molar-refractivity contribution in [1.29, 1.82) is 0 Å². The van der Waals surface area contributed by atoms with Crippen LogP contribution in [0.3, 0.4) is 0 Å². The topological polar surface area (TPSA) is 24.1 Å². The van der Waals surface area contributed by atoms with Crippen molar-refractivity contribution in [3.05, 3.63) is 59.7 Å². The van der Waals surface area contributed by atoms with Gasteiger partial charge >= 0.3 is 6.18 Å². The van der Waals surface area contributed by atoms with Crippen molar-refractivity contribution in [1.82, 2.24) is 0 Å². The molecular weight excluding hydrogens is 289 g/mol. The van der Waals surface area contributed by atoms with Crippen LogP contribution in [0, 0.1) is 6.92 Å². The number of hydrogen-bond acceptors (Lipinski definition) is 2. The van der Waals surface area contributed by atoms with Gasteiger partial charge < -0.3 is 10.6 Å². The summed E-state index contributed by atoms with van der Waals surface area (Å²) in [5.41, 5.74) is 2.10. The Hall–Kier alpha value is -2.17. The van der Waals surface area contributed by atoms with Crippen LogP contribution in [0.5, 0.6) is 0 Å². The lowest BCUT2D eigenvalue weighted by Crippen LogP contribution is -2.10. The molecule has 0 saturated carbocycles. The molecule has 2 aromatic carbocycles. The zero-order chi connectivity index (χ0) is 16.0. The van der Waals surface area contributed by atoms with E-state index in [-0.39, 0.29) is 0 Å². The highest BCUT2D eigenvalue weighted by atomic mass is 19.4. The summed E-state index contributed by atoms with van der Waals surface area (Å²) in [4.78, 5) is 0. The van der Waals surface area contributed by atoms with E-state index in [9.17, 15) is 13.2 Å². The van der Waals surface area contributed by atoms with E-state index in [0.717, 1.165) is 30.8 Å². The van der Waals surface area contributed by atoms with Crippen LogP contribution < -0.4 is 10.6 Å². The number of benzene rings is 2. The van der Waals surface area contributed by atoms with Gasteiger partial charge in [0.05, 0.1) is 5.56 Å². The molecule has 0 aromatic heterocycles. The molecule has 22 heavy (non-hydrogen) atoms. The highest BCUT2D eigenvalue weighted by Crippen LogP contribution is 2.30. The molecule has 0 fully saturated rings. The molecule has 0 spiro atoms. The van der Waals surface area contributed by atoms with Gasteiger partial charge in [-0.3, -0.25) is 0 Å². The fourth-order valence-electron chi connectivity index (χ4n) is 2.11. The van der Waals surface area contributed by atoms with Crippen LogP contribution in [0.4, 0.5) is 24.5 Å². The fraction of sp³-hybridized carbons (Fsp3) is 0.294. The van der Waals surface area contributed by atoms with Crippen molar-refractivity contribution in [2.24, 2.45) is 0 Å². The number of rotatable bonds is 6. The number of aryl methyl sites for hydroxylation is 1. The number of nitrogens with one attached hydrogen (secondary N) is 2. The van der Waals surface area contributed by atoms with E-state index in [4.69, 9.17) is 0 Å². The van der Waals surface area contributed by atoms with Gasteiger partial charge in [-0.25, -0.2) is 0 Å². The molecule has 2 N–H and O–H groups in total. The van der Waals surface area contributed by atoms with Gasteiger partial charge in [-0.15, -0.1) is 0 Å². The molecule has 0 aliphatic carbocycles. The Morgan fingerprint density at radius 2 is 1.45 bits per heavy atom. The molecule has 0 heterocycles. The van der Waals surface area contributed by atoms with E-state index < -0.39 is 11.7 Å². The predicted octanol–water partition coefficient (Wildman–Crippen LogP) is 4.93. The smallest absolute Gasteiger partial charge is 0.385 e. The maximum atomic E-state index is 12.6. The van der Waals surface area contributed by atoms with Crippen molar-refractivity contribution in [3.8, 4) is 0 Å². The molecule has 0 aliphatic heterocycles. The minimum absolute atomic E-state index is 0.491. The van der Waals surface area contributed by atoms with Gasteiger partial charge in [0.15, 0.2) is 0 Å². The first-order valence-corrected chi connectivity index (χ1v) is 7.17. The minimum atomic E-state index is -4.30. The van der Waals surface area contributed by atoms with Gasteiger partial charge in [0, 0.05) is 24.5 Å². The van der Waals surface area contributed by atoms with Crippen LogP contribution in [0.2, 0.25) is 0 Å². The van der Waals surface area contributed by atoms with E-state index in [1.54, 1.807) is 6.07 Å². The molecule has 118 valence electrons. The fourth-order valence-corrected chi connectivity index (χ4v) is 2.11.